The fraction of sp³-hybridized carbons (Fsp3) is 0.727. The molecule has 0 spiro atoms. The van der Waals surface area contributed by atoms with Crippen LogP contribution in [0.5, 0.6) is 0 Å². The minimum absolute atomic E-state index is 0.407. The maximum atomic E-state index is 4.40. The van der Waals surface area contributed by atoms with Gasteiger partial charge in [0.05, 0.1) is 6.04 Å². The Hall–Kier alpha value is -0.410. The van der Waals surface area contributed by atoms with Gasteiger partial charge in [-0.15, -0.1) is 11.3 Å². The summed E-state index contributed by atoms with van der Waals surface area (Å²) in [6, 6.07) is 1.05. The summed E-state index contributed by atoms with van der Waals surface area (Å²) < 4.78 is 0. The van der Waals surface area contributed by atoms with Crippen molar-refractivity contribution in [3.63, 3.8) is 0 Å². The molecule has 1 fully saturated rings. The van der Waals surface area contributed by atoms with Crippen molar-refractivity contribution in [1.29, 1.82) is 0 Å². The lowest BCUT2D eigenvalue weighted by molar-refractivity contribution is 0.440. The van der Waals surface area contributed by atoms with Crippen molar-refractivity contribution in [2.45, 2.75) is 45.7 Å². The summed E-state index contributed by atoms with van der Waals surface area (Å²) >= 11 is 1.80. The molecule has 2 rings (SSSR count). The molecule has 14 heavy (non-hydrogen) atoms. The third kappa shape index (κ3) is 2.34. The Labute approximate surface area is 89.8 Å². The fourth-order valence-electron chi connectivity index (χ4n) is 1.77. The molecule has 2 atom stereocenters. The molecule has 1 aromatic heterocycles. The molecule has 2 unspecified atom stereocenters. The average molecular weight is 210 g/mol. The molecule has 1 saturated carbocycles. The molecule has 0 bridgehead atoms. The van der Waals surface area contributed by atoms with Gasteiger partial charge >= 0.3 is 0 Å². The van der Waals surface area contributed by atoms with Gasteiger partial charge in [-0.2, -0.15) is 0 Å². The van der Waals surface area contributed by atoms with Crippen LogP contribution in [-0.2, 0) is 0 Å². The Kier molecular flexibility index (Phi) is 2.88. The predicted octanol–water partition coefficient (Wildman–Crippen LogP) is 2.90. The number of aromatic nitrogens is 1. The second-order valence-corrected chi connectivity index (χ2v) is 5.59. The number of hydrogen-bond donors (Lipinski definition) is 1. The monoisotopic (exact) mass is 210 g/mol. The van der Waals surface area contributed by atoms with E-state index in [0.29, 0.717) is 12.1 Å². The summed E-state index contributed by atoms with van der Waals surface area (Å²) in [5.41, 5.74) is 0. The molecule has 0 amide bonds. The Morgan fingerprint density at radius 1 is 1.50 bits per heavy atom. The highest BCUT2D eigenvalue weighted by Gasteiger charge is 2.29. The molecule has 1 aromatic rings. The van der Waals surface area contributed by atoms with E-state index in [1.807, 2.05) is 6.20 Å². The number of aryl methyl sites for hydroxylation is 1. The number of hydrogen-bond acceptors (Lipinski definition) is 3. The summed E-state index contributed by atoms with van der Waals surface area (Å²) in [6.07, 6.45) is 4.76. The molecule has 0 saturated heterocycles. The van der Waals surface area contributed by atoms with Gasteiger partial charge in [-0.25, -0.2) is 4.98 Å². The zero-order valence-corrected chi connectivity index (χ0v) is 9.90. The molecule has 1 heterocycles. The van der Waals surface area contributed by atoms with Gasteiger partial charge in [-0.05, 0) is 39.5 Å². The van der Waals surface area contributed by atoms with Crippen LogP contribution in [0.1, 0.15) is 42.6 Å². The van der Waals surface area contributed by atoms with Crippen LogP contribution in [0.15, 0.2) is 6.20 Å². The normalized spacial score (nSPS) is 20.8. The first-order valence-corrected chi connectivity index (χ1v) is 6.17. The van der Waals surface area contributed by atoms with E-state index in [9.17, 15) is 0 Å². The molecule has 1 N–H and O–H groups in total. The molecule has 78 valence electrons. The van der Waals surface area contributed by atoms with E-state index in [-0.39, 0.29) is 0 Å². The molecular weight excluding hydrogens is 192 g/mol. The van der Waals surface area contributed by atoms with Crippen molar-refractivity contribution >= 4 is 11.3 Å². The Morgan fingerprint density at radius 3 is 2.71 bits per heavy atom. The number of nitrogens with zero attached hydrogens (tertiary/aromatic N) is 1. The molecule has 0 aromatic carbocycles. The van der Waals surface area contributed by atoms with Gasteiger partial charge in [-0.3, -0.25) is 0 Å². The van der Waals surface area contributed by atoms with Gasteiger partial charge in [0, 0.05) is 17.1 Å². The highest BCUT2D eigenvalue weighted by Crippen LogP contribution is 2.33. The van der Waals surface area contributed by atoms with Gasteiger partial charge < -0.3 is 5.32 Å². The third-order valence-electron chi connectivity index (χ3n) is 2.85. The number of thiazole rings is 1. The first kappa shape index (κ1) is 10.1. The second-order valence-electron chi connectivity index (χ2n) is 4.32. The largest absolute Gasteiger partial charge is 0.305 e. The lowest BCUT2D eigenvalue weighted by atomic mass is 10.2. The van der Waals surface area contributed by atoms with Gasteiger partial charge in [-0.1, -0.05) is 0 Å². The smallest absolute Gasteiger partial charge is 0.109 e. The predicted molar refractivity (Wildman–Crippen MR) is 60.6 cm³/mol. The van der Waals surface area contributed by atoms with E-state index in [1.54, 1.807) is 11.3 Å². The van der Waals surface area contributed by atoms with Crippen molar-refractivity contribution in [3.8, 4) is 0 Å². The topological polar surface area (TPSA) is 24.9 Å². The quantitative estimate of drug-likeness (QED) is 0.826. The molecule has 1 aliphatic carbocycles. The lowest BCUT2D eigenvalue weighted by Crippen LogP contribution is -2.30. The summed E-state index contributed by atoms with van der Waals surface area (Å²) in [4.78, 5) is 5.70. The number of nitrogens with one attached hydrogen (secondary N) is 1. The average Bonchev–Trinajstić information content (AvgIpc) is 2.89. The van der Waals surface area contributed by atoms with Crippen LogP contribution in [0.25, 0.3) is 0 Å². The molecule has 0 radical (unpaired) electrons. The summed E-state index contributed by atoms with van der Waals surface area (Å²) in [7, 11) is 0. The Morgan fingerprint density at radius 2 is 2.21 bits per heavy atom. The van der Waals surface area contributed by atoms with Crippen LogP contribution < -0.4 is 5.32 Å². The van der Waals surface area contributed by atoms with Crippen molar-refractivity contribution in [2.24, 2.45) is 5.92 Å². The minimum Gasteiger partial charge on any atom is -0.305 e. The van der Waals surface area contributed by atoms with E-state index in [4.69, 9.17) is 0 Å². The fourth-order valence-corrected chi connectivity index (χ4v) is 2.56. The third-order valence-corrected chi connectivity index (χ3v) is 3.95. The van der Waals surface area contributed by atoms with Gasteiger partial charge in [0.25, 0.3) is 0 Å². The summed E-state index contributed by atoms with van der Waals surface area (Å²) in [6.45, 7) is 6.60. The maximum absolute atomic E-state index is 4.40. The first-order chi connectivity index (χ1) is 6.66. The summed E-state index contributed by atoms with van der Waals surface area (Å²) in [5.74, 6) is 0.915. The van der Waals surface area contributed by atoms with Crippen LogP contribution >= 0.6 is 11.3 Å². The minimum atomic E-state index is 0.407. The van der Waals surface area contributed by atoms with Gasteiger partial charge in [0.1, 0.15) is 5.01 Å². The SMILES string of the molecule is Cc1cnc(C(C)NC(C)C2CC2)s1. The van der Waals surface area contributed by atoms with Gasteiger partial charge in [0.2, 0.25) is 0 Å². The molecule has 3 heteroatoms. The Bertz CT molecular complexity index is 304. The zero-order valence-electron chi connectivity index (χ0n) is 9.08. The Balaban J connectivity index is 1.91. The van der Waals surface area contributed by atoms with E-state index in [0.717, 1.165) is 5.92 Å². The zero-order chi connectivity index (χ0) is 10.1. The van der Waals surface area contributed by atoms with Gasteiger partial charge in [0.15, 0.2) is 0 Å². The van der Waals surface area contributed by atoms with Crippen LogP contribution in [0.3, 0.4) is 0 Å². The van der Waals surface area contributed by atoms with Crippen LogP contribution in [-0.4, -0.2) is 11.0 Å². The molecule has 2 nitrogen and oxygen atoms in total. The second kappa shape index (κ2) is 3.99. The van der Waals surface area contributed by atoms with Crippen molar-refractivity contribution in [3.05, 3.63) is 16.1 Å². The van der Waals surface area contributed by atoms with E-state index < -0.39 is 0 Å². The van der Waals surface area contributed by atoms with E-state index in [2.05, 4.69) is 31.1 Å². The van der Waals surface area contributed by atoms with E-state index in [1.165, 1.54) is 22.7 Å². The highest BCUT2D eigenvalue weighted by molar-refractivity contribution is 7.11. The summed E-state index contributed by atoms with van der Waals surface area (Å²) in [5, 5.41) is 4.84. The van der Waals surface area contributed by atoms with Crippen LogP contribution in [0.4, 0.5) is 0 Å². The van der Waals surface area contributed by atoms with Crippen molar-refractivity contribution in [1.82, 2.24) is 10.3 Å². The molecular formula is C11H18N2S. The highest BCUT2D eigenvalue weighted by atomic mass is 32.1. The number of rotatable bonds is 4. The van der Waals surface area contributed by atoms with E-state index >= 15 is 0 Å². The van der Waals surface area contributed by atoms with Crippen LogP contribution in [0.2, 0.25) is 0 Å². The maximum Gasteiger partial charge on any atom is 0.109 e. The molecule has 1 aliphatic rings. The van der Waals surface area contributed by atoms with Crippen molar-refractivity contribution < 1.29 is 0 Å². The van der Waals surface area contributed by atoms with Crippen LogP contribution in [0, 0.1) is 12.8 Å². The molecule has 0 aliphatic heterocycles. The standard InChI is InChI=1S/C11H18N2S/c1-7-6-12-11(14-7)9(3)13-8(2)10-4-5-10/h6,8-10,13H,4-5H2,1-3H3. The lowest BCUT2D eigenvalue weighted by Gasteiger charge is -2.17. The van der Waals surface area contributed by atoms with Crippen molar-refractivity contribution in [2.75, 3.05) is 0 Å². The first-order valence-electron chi connectivity index (χ1n) is 5.35.